The number of aliphatic hydroxyl groups excluding tert-OH is 1. The summed E-state index contributed by atoms with van der Waals surface area (Å²) in [6, 6.07) is 15.1. The predicted molar refractivity (Wildman–Crippen MR) is 91.6 cm³/mol. The van der Waals surface area contributed by atoms with Gasteiger partial charge in [-0.05, 0) is 29.7 Å². The average Bonchev–Trinajstić information content (AvgIpc) is 2.60. The van der Waals surface area contributed by atoms with Gasteiger partial charge in [-0.15, -0.1) is 0 Å². The third kappa shape index (κ3) is 4.71. The second-order valence-corrected chi connectivity index (χ2v) is 5.57. The average molecular weight is 315 g/mol. The molecule has 2 aromatic rings. The van der Waals surface area contributed by atoms with Crippen LogP contribution in [0.3, 0.4) is 0 Å². The molecule has 0 amide bonds. The minimum Gasteiger partial charge on any atom is -0.493 e. The summed E-state index contributed by atoms with van der Waals surface area (Å²) in [7, 11) is 1.61. The lowest BCUT2D eigenvalue weighted by molar-refractivity contribution is 0.134. The Labute approximate surface area is 137 Å². The summed E-state index contributed by atoms with van der Waals surface area (Å²) in [4.78, 5) is 0. The SMILES string of the molecule is CCC[C@H](O)[C@H](N)c1ccc(OC)c(OCc2ccccc2)c1. The number of hydrogen-bond acceptors (Lipinski definition) is 4. The van der Waals surface area contributed by atoms with Crippen molar-refractivity contribution in [1.82, 2.24) is 0 Å². The van der Waals surface area contributed by atoms with Gasteiger partial charge in [-0.2, -0.15) is 0 Å². The summed E-state index contributed by atoms with van der Waals surface area (Å²) in [6.07, 6.45) is 1.01. The van der Waals surface area contributed by atoms with Crippen molar-refractivity contribution in [2.45, 2.75) is 38.5 Å². The Morgan fingerprint density at radius 2 is 1.83 bits per heavy atom. The van der Waals surface area contributed by atoms with Gasteiger partial charge in [0.2, 0.25) is 0 Å². The van der Waals surface area contributed by atoms with Crippen molar-refractivity contribution in [2.24, 2.45) is 5.73 Å². The maximum atomic E-state index is 10.1. The molecule has 3 N–H and O–H groups in total. The van der Waals surface area contributed by atoms with Gasteiger partial charge in [-0.3, -0.25) is 0 Å². The molecule has 2 rings (SSSR count). The predicted octanol–water partition coefficient (Wildman–Crippen LogP) is 3.44. The highest BCUT2D eigenvalue weighted by Crippen LogP contribution is 2.31. The molecule has 23 heavy (non-hydrogen) atoms. The van der Waals surface area contributed by atoms with Gasteiger partial charge >= 0.3 is 0 Å². The minimum atomic E-state index is -0.560. The molecular formula is C19H25NO3. The molecule has 0 aliphatic heterocycles. The summed E-state index contributed by atoms with van der Waals surface area (Å²) in [6.45, 7) is 2.48. The van der Waals surface area contributed by atoms with Crippen molar-refractivity contribution >= 4 is 0 Å². The number of rotatable bonds is 8. The fourth-order valence-corrected chi connectivity index (χ4v) is 2.45. The number of hydrogen-bond donors (Lipinski definition) is 2. The molecule has 2 aromatic carbocycles. The van der Waals surface area contributed by atoms with Crippen LogP contribution in [0.2, 0.25) is 0 Å². The lowest BCUT2D eigenvalue weighted by Crippen LogP contribution is -2.26. The van der Waals surface area contributed by atoms with Crippen LogP contribution in [0.15, 0.2) is 48.5 Å². The third-order valence-corrected chi connectivity index (χ3v) is 3.81. The first-order valence-electron chi connectivity index (χ1n) is 7.94. The molecule has 0 saturated carbocycles. The van der Waals surface area contributed by atoms with Gasteiger partial charge in [0.1, 0.15) is 6.61 Å². The zero-order chi connectivity index (χ0) is 16.7. The van der Waals surface area contributed by atoms with Gasteiger partial charge in [-0.1, -0.05) is 49.7 Å². The van der Waals surface area contributed by atoms with E-state index in [1.807, 2.05) is 55.5 Å². The Bertz CT molecular complexity index is 601. The Hall–Kier alpha value is -2.04. The molecule has 0 saturated heterocycles. The van der Waals surface area contributed by atoms with E-state index in [9.17, 15) is 5.11 Å². The van der Waals surface area contributed by atoms with Gasteiger partial charge < -0.3 is 20.3 Å². The summed E-state index contributed by atoms with van der Waals surface area (Å²) >= 11 is 0. The minimum absolute atomic E-state index is 0.431. The molecule has 0 radical (unpaired) electrons. The van der Waals surface area contributed by atoms with Crippen molar-refractivity contribution in [3.63, 3.8) is 0 Å². The standard InChI is InChI=1S/C19H25NO3/c1-3-7-16(21)19(20)15-10-11-17(22-2)18(12-15)23-13-14-8-5-4-6-9-14/h4-6,8-12,16,19,21H,3,7,13,20H2,1-2H3/t16-,19+/m0/s1. The molecule has 0 spiro atoms. The zero-order valence-corrected chi connectivity index (χ0v) is 13.7. The quantitative estimate of drug-likeness (QED) is 0.783. The summed E-state index contributed by atoms with van der Waals surface area (Å²) in [5.41, 5.74) is 8.07. The highest BCUT2D eigenvalue weighted by atomic mass is 16.5. The Kier molecular flexibility index (Phi) is 6.44. The number of benzene rings is 2. The first-order valence-corrected chi connectivity index (χ1v) is 7.94. The van der Waals surface area contributed by atoms with Crippen LogP contribution in [-0.2, 0) is 6.61 Å². The van der Waals surface area contributed by atoms with Gasteiger partial charge in [0.25, 0.3) is 0 Å². The molecule has 4 nitrogen and oxygen atoms in total. The van der Waals surface area contributed by atoms with Crippen molar-refractivity contribution in [3.05, 3.63) is 59.7 Å². The monoisotopic (exact) mass is 315 g/mol. The topological polar surface area (TPSA) is 64.7 Å². The number of aliphatic hydroxyl groups is 1. The molecule has 0 bridgehead atoms. The zero-order valence-electron chi connectivity index (χ0n) is 13.7. The maximum Gasteiger partial charge on any atom is 0.161 e. The normalized spacial score (nSPS) is 13.4. The summed E-state index contributed by atoms with van der Waals surface area (Å²) in [5, 5.41) is 10.1. The summed E-state index contributed by atoms with van der Waals surface area (Å²) in [5.74, 6) is 1.29. The second kappa shape index (κ2) is 8.56. The lowest BCUT2D eigenvalue weighted by Gasteiger charge is -2.20. The molecular weight excluding hydrogens is 290 g/mol. The van der Waals surface area contributed by atoms with Crippen LogP contribution >= 0.6 is 0 Å². The van der Waals surface area contributed by atoms with Crippen LogP contribution in [0, 0.1) is 0 Å². The van der Waals surface area contributed by atoms with E-state index in [0.717, 1.165) is 17.5 Å². The second-order valence-electron chi connectivity index (χ2n) is 5.57. The fraction of sp³-hybridized carbons (Fsp3) is 0.368. The third-order valence-electron chi connectivity index (χ3n) is 3.81. The molecule has 124 valence electrons. The Morgan fingerprint density at radius 3 is 2.48 bits per heavy atom. The molecule has 4 heteroatoms. The molecule has 0 heterocycles. The van der Waals surface area contributed by atoms with E-state index in [2.05, 4.69) is 0 Å². The van der Waals surface area contributed by atoms with Gasteiger partial charge in [0.05, 0.1) is 19.3 Å². The number of methoxy groups -OCH3 is 1. The van der Waals surface area contributed by atoms with Gasteiger partial charge in [0, 0.05) is 0 Å². The Morgan fingerprint density at radius 1 is 1.09 bits per heavy atom. The van der Waals surface area contributed by atoms with Crippen LogP contribution in [-0.4, -0.2) is 18.3 Å². The van der Waals surface area contributed by atoms with E-state index in [1.165, 1.54) is 0 Å². The van der Waals surface area contributed by atoms with Crippen molar-refractivity contribution in [2.75, 3.05) is 7.11 Å². The van der Waals surface area contributed by atoms with Gasteiger partial charge in [0.15, 0.2) is 11.5 Å². The van der Waals surface area contributed by atoms with Crippen LogP contribution in [0.25, 0.3) is 0 Å². The highest BCUT2D eigenvalue weighted by molar-refractivity contribution is 5.44. The molecule has 0 aliphatic rings. The van der Waals surface area contributed by atoms with Crippen molar-refractivity contribution in [1.29, 1.82) is 0 Å². The van der Waals surface area contributed by atoms with Crippen molar-refractivity contribution < 1.29 is 14.6 Å². The largest absolute Gasteiger partial charge is 0.493 e. The first-order chi connectivity index (χ1) is 11.2. The van der Waals surface area contributed by atoms with E-state index in [-0.39, 0.29) is 0 Å². The Balaban J connectivity index is 2.15. The fourth-order valence-electron chi connectivity index (χ4n) is 2.45. The van der Waals surface area contributed by atoms with E-state index < -0.39 is 12.1 Å². The van der Waals surface area contributed by atoms with Crippen LogP contribution in [0.5, 0.6) is 11.5 Å². The molecule has 0 aromatic heterocycles. The lowest BCUT2D eigenvalue weighted by atomic mass is 9.99. The van der Waals surface area contributed by atoms with E-state index in [4.69, 9.17) is 15.2 Å². The smallest absolute Gasteiger partial charge is 0.161 e. The molecule has 0 unspecified atom stereocenters. The first kappa shape index (κ1) is 17.3. The van der Waals surface area contributed by atoms with Crippen molar-refractivity contribution in [3.8, 4) is 11.5 Å². The van der Waals surface area contributed by atoms with Crippen LogP contribution in [0.1, 0.15) is 36.9 Å². The van der Waals surface area contributed by atoms with Crippen LogP contribution < -0.4 is 15.2 Å². The van der Waals surface area contributed by atoms with E-state index >= 15 is 0 Å². The summed E-state index contributed by atoms with van der Waals surface area (Å²) < 4.78 is 11.2. The van der Waals surface area contributed by atoms with E-state index in [1.54, 1.807) is 7.11 Å². The van der Waals surface area contributed by atoms with Gasteiger partial charge in [-0.25, -0.2) is 0 Å². The van der Waals surface area contributed by atoms with E-state index in [0.29, 0.717) is 24.5 Å². The highest BCUT2D eigenvalue weighted by Gasteiger charge is 2.18. The molecule has 0 fully saturated rings. The molecule has 0 aliphatic carbocycles. The number of ether oxygens (including phenoxy) is 2. The maximum absolute atomic E-state index is 10.1. The van der Waals surface area contributed by atoms with Crippen LogP contribution in [0.4, 0.5) is 0 Å². The molecule has 2 atom stereocenters. The number of nitrogens with two attached hydrogens (primary N) is 1.